The lowest BCUT2D eigenvalue weighted by Crippen LogP contribution is -2.12. The number of halogens is 1. The summed E-state index contributed by atoms with van der Waals surface area (Å²) in [6.07, 6.45) is 0. The Morgan fingerprint density at radius 2 is 1.95 bits per heavy atom. The number of rotatable bonds is 4. The highest BCUT2D eigenvalue weighted by atomic mass is 35.5. The van der Waals surface area contributed by atoms with E-state index < -0.39 is 4.92 Å². The minimum Gasteiger partial charge on any atom is -0.384 e. The lowest BCUT2D eigenvalue weighted by Gasteiger charge is -2.08. The molecule has 102 valence electrons. The van der Waals surface area contributed by atoms with Gasteiger partial charge in [-0.2, -0.15) is 0 Å². The average Bonchev–Trinajstić information content (AvgIpc) is 2.41. The number of nitrogens with zero attached hydrogens (tertiary/aromatic N) is 1. The lowest BCUT2D eigenvalue weighted by molar-refractivity contribution is -0.387. The zero-order valence-electron chi connectivity index (χ0n) is 10.2. The Kier molecular flexibility index (Phi) is 4.26. The molecule has 0 spiro atoms. The van der Waals surface area contributed by atoms with Gasteiger partial charge in [-0.3, -0.25) is 15.5 Å². The summed E-state index contributed by atoms with van der Waals surface area (Å²) in [5.74, 6) is -0.131. The van der Waals surface area contributed by atoms with Crippen LogP contribution in [0.2, 0.25) is 5.02 Å². The fourth-order valence-electron chi connectivity index (χ4n) is 1.61. The van der Waals surface area contributed by atoms with Crippen LogP contribution in [0.4, 0.5) is 5.69 Å². The van der Waals surface area contributed by atoms with E-state index in [0.29, 0.717) is 20.4 Å². The number of nitrogen functional groups attached to an aromatic ring is 1. The minimum atomic E-state index is -0.439. The Hall–Kier alpha value is -2.05. The van der Waals surface area contributed by atoms with Crippen molar-refractivity contribution in [3.8, 4) is 0 Å². The molecule has 5 nitrogen and oxygen atoms in total. The van der Waals surface area contributed by atoms with E-state index in [2.05, 4.69) is 0 Å². The molecule has 0 saturated heterocycles. The van der Waals surface area contributed by atoms with Crippen LogP contribution in [0.5, 0.6) is 0 Å². The molecule has 0 aromatic heterocycles. The van der Waals surface area contributed by atoms with Crippen molar-refractivity contribution in [1.29, 1.82) is 5.41 Å². The van der Waals surface area contributed by atoms with Crippen LogP contribution in [0.15, 0.2) is 52.3 Å². The van der Waals surface area contributed by atoms with Crippen LogP contribution < -0.4 is 5.73 Å². The summed E-state index contributed by atoms with van der Waals surface area (Å²) in [7, 11) is 0. The molecular formula is C13H10ClN3O2S. The van der Waals surface area contributed by atoms with E-state index in [0.717, 1.165) is 0 Å². The van der Waals surface area contributed by atoms with E-state index in [1.807, 2.05) is 0 Å². The molecule has 20 heavy (non-hydrogen) atoms. The number of nitrogens with one attached hydrogen (secondary N) is 1. The number of benzene rings is 2. The van der Waals surface area contributed by atoms with E-state index in [9.17, 15) is 10.1 Å². The SMILES string of the molecule is N=C(N)c1cc(Cl)ccc1Sc1ccccc1[N+](=O)[O-]. The predicted octanol–water partition coefficient (Wildman–Crippen LogP) is 3.68. The maximum atomic E-state index is 11.0. The molecule has 0 aliphatic rings. The quantitative estimate of drug-likeness (QED) is 0.390. The number of nitro benzene ring substituents is 1. The molecule has 0 unspecified atom stereocenters. The third-order valence-corrected chi connectivity index (χ3v) is 3.89. The maximum Gasteiger partial charge on any atom is 0.283 e. The summed E-state index contributed by atoms with van der Waals surface area (Å²) in [5, 5.41) is 19.0. The Labute approximate surface area is 124 Å². The number of nitrogens with two attached hydrogens (primary N) is 1. The second-order valence-electron chi connectivity index (χ2n) is 3.88. The zero-order chi connectivity index (χ0) is 14.7. The standard InChI is InChI=1S/C13H10ClN3O2S/c14-8-5-6-11(9(7-8)13(15)16)20-12-4-2-1-3-10(12)17(18)19/h1-7H,(H3,15,16). The fourth-order valence-corrected chi connectivity index (χ4v) is 2.83. The predicted molar refractivity (Wildman–Crippen MR) is 79.7 cm³/mol. The summed E-state index contributed by atoms with van der Waals surface area (Å²) < 4.78 is 0. The van der Waals surface area contributed by atoms with Crippen LogP contribution in [0, 0.1) is 15.5 Å². The zero-order valence-corrected chi connectivity index (χ0v) is 11.7. The molecule has 0 fully saturated rings. The Balaban J connectivity index is 2.45. The van der Waals surface area contributed by atoms with Gasteiger partial charge in [0.15, 0.2) is 0 Å². The monoisotopic (exact) mass is 307 g/mol. The average molecular weight is 308 g/mol. The van der Waals surface area contributed by atoms with Crippen LogP contribution in [0.3, 0.4) is 0 Å². The van der Waals surface area contributed by atoms with E-state index in [-0.39, 0.29) is 11.5 Å². The van der Waals surface area contributed by atoms with E-state index in [1.54, 1.807) is 36.4 Å². The Morgan fingerprint density at radius 3 is 2.60 bits per heavy atom. The third kappa shape index (κ3) is 3.09. The van der Waals surface area contributed by atoms with Gasteiger partial charge in [-0.25, -0.2) is 0 Å². The van der Waals surface area contributed by atoms with Gasteiger partial charge in [0, 0.05) is 21.5 Å². The summed E-state index contributed by atoms with van der Waals surface area (Å²) in [4.78, 5) is 11.7. The number of hydrogen-bond acceptors (Lipinski definition) is 4. The highest BCUT2D eigenvalue weighted by Crippen LogP contribution is 2.36. The molecular weight excluding hydrogens is 298 g/mol. The van der Waals surface area contributed by atoms with Crippen molar-refractivity contribution in [2.75, 3.05) is 0 Å². The number of para-hydroxylation sites is 1. The van der Waals surface area contributed by atoms with Crippen molar-refractivity contribution >= 4 is 34.9 Å². The van der Waals surface area contributed by atoms with Gasteiger partial charge in [-0.05, 0) is 24.3 Å². The van der Waals surface area contributed by atoms with Gasteiger partial charge in [-0.1, -0.05) is 35.5 Å². The first-order chi connectivity index (χ1) is 9.49. The molecule has 7 heteroatoms. The number of hydrogen-bond donors (Lipinski definition) is 2. The van der Waals surface area contributed by atoms with Crippen molar-refractivity contribution in [1.82, 2.24) is 0 Å². The van der Waals surface area contributed by atoms with Crippen LogP contribution in [0.25, 0.3) is 0 Å². The second-order valence-corrected chi connectivity index (χ2v) is 5.40. The summed E-state index contributed by atoms with van der Waals surface area (Å²) >= 11 is 7.06. The molecule has 0 saturated carbocycles. The molecule has 2 aromatic rings. The topological polar surface area (TPSA) is 93.0 Å². The second kappa shape index (κ2) is 5.94. The molecule has 0 aliphatic carbocycles. The highest BCUT2D eigenvalue weighted by Gasteiger charge is 2.16. The number of nitro groups is 1. The van der Waals surface area contributed by atoms with Gasteiger partial charge in [0.25, 0.3) is 5.69 Å². The molecule has 0 heterocycles. The molecule has 3 N–H and O–H groups in total. The smallest absolute Gasteiger partial charge is 0.283 e. The van der Waals surface area contributed by atoms with Crippen molar-refractivity contribution in [2.24, 2.45) is 5.73 Å². The molecule has 0 radical (unpaired) electrons. The van der Waals surface area contributed by atoms with Crippen LogP contribution in [-0.2, 0) is 0 Å². The first kappa shape index (κ1) is 14.4. The van der Waals surface area contributed by atoms with Crippen molar-refractivity contribution in [3.05, 3.63) is 63.2 Å². The van der Waals surface area contributed by atoms with Gasteiger partial charge >= 0.3 is 0 Å². The summed E-state index contributed by atoms with van der Waals surface area (Å²) in [6, 6.07) is 11.3. The van der Waals surface area contributed by atoms with Crippen LogP contribution >= 0.6 is 23.4 Å². The third-order valence-electron chi connectivity index (χ3n) is 2.51. The molecule has 0 bridgehead atoms. The summed E-state index contributed by atoms with van der Waals surface area (Å²) in [5.41, 5.74) is 5.99. The number of amidine groups is 1. The van der Waals surface area contributed by atoms with Crippen molar-refractivity contribution in [2.45, 2.75) is 9.79 Å². The Bertz CT molecular complexity index is 691. The van der Waals surface area contributed by atoms with Gasteiger partial charge in [0.1, 0.15) is 5.84 Å². The van der Waals surface area contributed by atoms with Crippen molar-refractivity contribution < 1.29 is 4.92 Å². The molecule has 2 aromatic carbocycles. The highest BCUT2D eigenvalue weighted by molar-refractivity contribution is 7.99. The molecule has 0 amide bonds. The maximum absolute atomic E-state index is 11.0. The van der Waals surface area contributed by atoms with Gasteiger partial charge < -0.3 is 5.73 Å². The van der Waals surface area contributed by atoms with E-state index in [4.69, 9.17) is 22.7 Å². The molecule has 0 aliphatic heterocycles. The molecule has 2 rings (SSSR count). The largest absolute Gasteiger partial charge is 0.384 e. The Morgan fingerprint density at radius 1 is 1.25 bits per heavy atom. The van der Waals surface area contributed by atoms with Gasteiger partial charge in [-0.15, -0.1) is 0 Å². The van der Waals surface area contributed by atoms with E-state index >= 15 is 0 Å². The normalized spacial score (nSPS) is 10.2. The fraction of sp³-hybridized carbons (Fsp3) is 0. The molecule has 0 atom stereocenters. The van der Waals surface area contributed by atoms with Crippen LogP contribution in [-0.4, -0.2) is 10.8 Å². The minimum absolute atomic E-state index is 0.0157. The first-order valence-corrected chi connectivity index (χ1v) is 6.73. The summed E-state index contributed by atoms with van der Waals surface area (Å²) in [6.45, 7) is 0. The first-order valence-electron chi connectivity index (χ1n) is 5.54. The van der Waals surface area contributed by atoms with Crippen LogP contribution in [0.1, 0.15) is 5.56 Å². The van der Waals surface area contributed by atoms with E-state index in [1.165, 1.54) is 17.8 Å². The van der Waals surface area contributed by atoms with Crippen molar-refractivity contribution in [3.63, 3.8) is 0 Å². The lowest BCUT2D eigenvalue weighted by atomic mass is 10.2. The van der Waals surface area contributed by atoms with Gasteiger partial charge in [0.05, 0.1) is 9.82 Å². The van der Waals surface area contributed by atoms with Gasteiger partial charge in [0.2, 0.25) is 0 Å².